The molecule has 1 aliphatic carbocycles. The normalized spacial score (nSPS) is 22.3. The van der Waals surface area contributed by atoms with E-state index in [0.29, 0.717) is 6.61 Å². The fraction of sp³-hybridized carbons (Fsp3) is 0.500. The van der Waals surface area contributed by atoms with E-state index in [9.17, 15) is 0 Å². The van der Waals surface area contributed by atoms with Gasteiger partial charge in [-0.05, 0) is 31.0 Å². The topological polar surface area (TPSA) is 59.5 Å². The first-order valence-corrected chi connectivity index (χ1v) is 9.53. The molecule has 1 spiro atoms. The SMILES string of the molecule is c1cnc(Nc2ccc3c(c2)COC2(CCN(C4CCC4)CC2)O3)cn1. The summed E-state index contributed by atoms with van der Waals surface area (Å²) < 4.78 is 12.6. The predicted octanol–water partition coefficient (Wildman–Crippen LogP) is 3.47. The van der Waals surface area contributed by atoms with Gasteiger partial charge in [0.1, 0.15) is 11.6 Å². The van der Waals surface area contributed by atoms with E-state index in [4.69, 9.17) is 9.47 Å². The first-order valence-electron chi connectivity index (χ1n) is 9.53. The van der Waals surface area contributed by atoms with Crippen molar-refractivity contribution in [3.63, 3.8) is 0 Å². The average Bonchev–Trinajstić information content (AvgIpc) is 2.63. The van der Waals surface area contributed by atoms with Gasteiger partial charge in [0.25, 0.3) is 0 Å². The second kappa shape index (κ2) is 6.52. The summed E-state index contributed by atoms with van der Waals surface area (Å²) >= 11 is 0. The van der Waals surface area contributed by atoms with Crippen LogP contribution in [0, 0.1) is 0 Å². The number of anilines is 2. The lowest BCUT2D eigenvalue weighted by Crippen LogP contribution is -2.54. The van der Waals surface area contributed by atoms with Crippen LogP contribution in [0.2, 0.25) is 0 Å². The van der Waals surface area contributed by atoms with E-state index in [-0.39, 0.29) is 0 Å². The fourth-order valence-corrected chi connectivity index (χ4v) is 4.05. The van der Waals surface area contributed by atoms with Gasteiger partial charge in [0.05, 0.1) is 12.8 Å². The van der Waals surface area contributed by atoms with E-state index < -0.39 is 5.79 Å². The first kappa shape index (κ1) is 16.0. The Morgan fingerprint density at radius 3 is 2.77 bits per heavy atom. The summed E-state index contributed by atoms with van der Waals surface area (Å²) in [6, 6.07) is 6.94. The molecule has 0 bridgehead atoms. The van der Waals surface area contributed by atoms with Crippen molar-refractivity contribution in [2.24, 2.45) is 0 Å². The van der Waals surface area contributed by atoms with Crippen molar-refractivity contribution >= 4 is 11.5 Å². The second-order valence-corrected chi connectivity index (χ2v) is 7.46. The highest BCUT2D eigenvalue weighted by atomic mass is 16.7. The van der Waals surface area contributed by atoms with Gasteiger partial charge in [0.15, 0.2) is 0 Å². The van der Waals surface area contributed by atoms with Crippen LogP contribution in [-0.2, 0) is 11.3 Å². The molecule has 3 aliphatic rings. The minimum atomic E-state index is -0.437. The van der Waals surface area contributed by atoms with Crippen LogP contribution in [0.1, 0.15) is 37.7 Å². The third-order valence-corrected chi connectivity index (χ3v) is 5.83. The smallest absolute Gasteiger partial charge is 0.213 e. The molecule has 2 aromatic rings. The standard InChI is InChI=1S/C20H24N4O2/c1-2-17(3-1)24-10-6-20(7-11-24)25-14-15-12-16(4-5-18(15)26-20)23-19-13-21-8-9-22-19/h4-5,8-9,12-13,17H,1-3,6-7,10-11,14H2,(H,22,23). The monoisotopic (exact) mass is 352 g/mol. The van der Waals surface area contributed by atoms with E-state index >= 15 is 0 Å². The maximum absolute atomic E-state index is 6.34. The van der Waals surface area contributed by atoms with Gasteiger partial charge in [0, 0.05) is 55.6 Å². The zero-order valence-electron chi connectivity index (χ0n) is 14.9. The van der Waals surface area contributed by atoms with Gasteiger partial charge in [-0.3, -0.25) is 9.88 Å². The lowest BCUT2D eigenvalue weighted by molar-refractivity contribution is -0.231. The van der Waals surface area contributed by atoms with E-state index in [2.05, 4.69) is 26.3 Å². The summed E-state index contributed by atoms with van der Waals surface area (Å²) in [5, 5.41) is 3.26. The third kappa shape index (κ3) is 3.04. The summed E-state index contributed by atoms with van der Waals surface area (Å²) in [4.78, 5) is 10.9. The molecular weight excluding hydrogens is 328 g/mol. The lowest BCUT2D eigenvalue weighted by atomic mass is 9.89. The van der Waals surface area contributed by atoms with E-state index in [1.165, 1.54) is 19.3 Å². The van der Waals surface area contributed by atoms with Gasteiger partial charge >= 0.3 is 0 Å². The van der Waals surface area contributed by atoms with Gasteiger partial charge in [-0.2, -0.15) is 0 Å². The Morgan fingerprint density at radius 1 is 1.15 bits per heavy atom. The van der Waals surface area contributed by atoms with Crippen molar-refractivity contribution in [2.45, 2.75) is 50.5 Å². The van der Waals surface area contributed by atoms with Crippen LogP contribution in [-0.4, -0.2) is 39.8 Å². The molecule has 0 unspecified atom stereocenters. The summed E-state index contributed by atoms with van der Waals surface area (Å²) in [5.74, 6) is 1.23. The number of likely N-dealkylation sites (tertiary alicyclic amines) is 1. The number of aromatic nitrogens is 2. The molecular formula is C20H24N4O2. The van der Waals surface area contributed by atoms with Crippen LogP contribution < -0.4 is 10.1 Å². The van der Waals surface area contributed by atoms with Crippen molar-refractivity contribution in [1.29, 1.82) is 0 Å². The minimum absolute atomic E-state index is 0.437. The molecule has 1 saturated carbocycles. The molecule has 1 N–H and O–H groups in total. The summed E-state index contributed by atoms with van der Waals surface area (Å²) in [6.07, 6.45) is 11.0. The third-order valence-electron chi connectivity index (χ3n) is 5.83. The second-order valence-electron chi connectivity index (χ2n) is 7.46. The highest BCUT2D eigenvalue weighted by molar-refractivity contribution is 5.58. The first-order chi connectivity index (χ1) is 12.8. The Balaban J connectivity index is 1.26. The van der Waals surface area contributed by atoms with Crippen LogP contribution in [0.5, 0.6) is 5.75 Å². The molecule has 3 heterocycles. The molecule has 136 valence electrons. The molecule has 2 fully saturated rings. The van der Waals surface area contributed by atoms with Crippen molar-refractivity contribution in [2.75, 3.05) is 18.4 Å². The summed E-state index contributed by atoms with van der Waals surface area (Å²) in [7, 11) is 0. The van der Waals surface area contributed by atoms with E-state index in [1.54, 1.807) is 18.6 Å². The summed E-state index contributed by atoms with van der Waals surface area (Å²) in [5.41, 5.74) is 2.04. The molecule has 1 aromatic heterocycles. The van der Waals surface area contributed by atoms with E-state index in [1.807, 2.05) is 12.1 Å². The zero-order valence-corrected chi connectivity index (χ0v) is 14.9. The number of ether oxygens (including phenoxy) is 2. The number of rotatable bonds is 3. The van der Waals surface area contributed by atoms with Crippen LogP contribution in [0.4, 0.5) is 11.5 Å². The van der Waals surface area contributed by atoms with Crippen molar-refractivity contribution in [1.82, 2.24) is 14.9 Å². The molecule has 0 atom stereocenters. The molecule has 6 heteroatoms. The van der Waals surface area contributed by atoms with Crippen LogP contribution in [0.3, 0.4) is 0 Å². The molecule has 0 amide bonds. The number of nitrogens with one attached hydrogen (secondary N) is 1. The van der Waals surface area contributed by atoms with Crippen LogP contribution in [0.25, 0.3) is 0 Å². The number of benzene rings is 1. The van der Waals surface area contributed by atoms with Crippen LogP contribution in [0.15, 0.2) is 36.8 Å². The molecule has 2 aliphatic heterocycles. The maximum atomic E-state index is 6.34. The van der Waals surface area contributed by atoms with Gasteiger partial charge in [-0.1, -0.05) is 6.42 Å². The maximum Gasteiger partial charge on any atom is 0.213 e. The molecule has 5 rings (SSSR count). The molecule has 0 radical (unpaired) electrons. The predicted molar refractivity (Wildman–Crippen MR) is 98.4 cm³/mol. The average molecular weight is 352 g/mol. The Kier molecular flexibility index (Phi) is 4.02. The quantitative estimate of drug-likeness (QED) is 0.913. The Hall–Kier alpha value is -2.18. The molecule has 1 saturated heterocycles. The van der Waals surface area contributed by atoms with E-state index in [0.717, 1.165) is 54.8 Å². The Labute approximate surface area is 153 Å². The van der Waals surface area contributed by atoms with Gasteiger partial charge in [0.2, 0.25) is 5.79 Å². The number of piperidine rings is 1. The molecule has 6 nitrogen and oxygen atoms in total. The lowest BCUT2D eigenvalue weighted by Gasteiger charge is -2.47. The van der Waals surface area contributed by atoms with Crippen molar-refractivity contribution < 1.29 is 9.47 Å². The number of hydrogen-bond acceptors (Lipinski definition) is 6. The summed E-state index contributed by atoms with van der Waals surface area (Å²) in [6.45, 7) is 2.74. The Morgan fingerprint density at radius 2 is 2.04 bits per heavy atom. The highest BCUT2D eigenvalue weighted by Crippen LogP contribution is 2.40. The van der Waals surface area contributed by atoms with Crippen molar-refractivity contribution in [3.8, 4) is 5.75 Å². The number of hydrogen-bond donors (Lipinski definition) is 1. The minimum Gasteiger partial charge on any atom is -0.462 e. The van der Waals surface area contributed by atoms with Gasteiger partial charge < -0.3 is 14.8 Å². The highest BCUT2D eigenvalue weighted by Gasteiger charge is 2.42. The molecule has 1 aromatic carbocycles. The van der Waals surface area contributed by atoms with Gasteiger partial charge in [-0.15, -0.1) is 0 Å². The number of fused-ring (bicyclic) bond motifs is 1. The van der Waals surface area contributed by atoms with Crippen molar-refractivity contribution in [3.05, 3.63) is 42.4 Å². The zero-order chi connectivity index (χ0) is 17.4. The fourth-order valence-electron chi connectivity index (χ4n) is 4.05. The number of nitrogens with zero attached hydrogens (tertiary/aromatic N) is 3. The molecule has 26 heavy (non-hydrogen) atoms. The van der Waals surface area contributed by atoms with Gasteiger partial charge in [-0.25, -0.2) is 4.98 Å². The largest absolute Gasteiger partial charge is 0.462 e. The van der Waals surface area contributed by atoms with Crippen LogP contribution >= 0.6 is 0 Å². The Bertz CT molecular complexity index is 771.